The van der Waals surface area contributed by atoms with Gasteiger partial charge in [0.1, 0.15) is 0 Å². The van der Waals surface area contributed by atoms with E-state index in [1.807, 2.05) is 11.3 Å². The molecule has 0 radical (unpaired) electrons. The minimum Gasteiger partial charge on any atom is -0.135 e. The van der Waals surface area contributed by atoms with Crippen molar-refractivity contribution in [2.75, 3.05) is 0 Å². The number of hydrogen-bond acceptors (Lipinski definition) is 1. The third kappa shape index (κ3) is 3.83. The zero-order valence-electron chi connectivity index (χ0n) is 26.9. The molecule has 1 heteroatoms. The summed E-state index contributed by atoms with van der Waals surface area (Å²) in [5, 5.41) is 7.84. The molecule has 10 rings (SSSR count). The highest BCUT2D eigenvalue weighted by molar-refractivity contribution is 7.26. The highest BCUT2D eigenvalue weighted by atomic mass is 32.1. The molecule has 0 aliphatic heterocycles. The minimum absolute atomic E-state index is 0.107. The Morgan fingerprint density at radius 2 is 0.875 bits per heavy atom. The zero-order chi connectivity index (χ0) is 32.0. The standard InChI is InChI=1S/C47H32S/c1-47(2)40-22-12-10-16-32(40)38-28-39-33-17-11-13-23-41(33)48-46(39)44(45(38)47)31-26-24-30(25-27-31)43-36-20-8-6-18-34(36)42(29-14-4-3-5-15-29)35-19-7-9-21-37(35)43/h3-28H,1-2H3. The van der Waals surface area contributed by atoms with Crippen molar-refractivity contribution in [3.8, 4) is 44.5 Å². The molecule has 226 valence electrons. The fraction of sp³-hybridized carbons (Fsp3) is 0.0638. The van der Waals surface area contributed by atoms with E-state index in [-0.39, 0.29) is 5.41 Å². The molecule has 0 fully saturated rings. The molecule has 0 spiro atoms. The summed E-state index contributed by atoms with van der Waals surface area (Å²) < 4.78 is 2.73. The summed E-state index contributed by atoms with van der Waals surface area (Å²) in [6, 6.07) is 58.5. The third-order valence-electron chi connectivity index (χ3n) is 10.6. The van der Waals surface area contributed by atoms with Crippen LogP contribution < -0.4 is 0 Å². The average molecular weight is 629 g/mol. The Bertz CT molecular complexity index is 2670. The lowest BCUT2D eigenvalue weighted by Crippen LogP contribution is -2.16. The molecule has 0 unspecified atom stereocenters. The van der Waals surface area contributed by atoms with Crippen LogP contribution in [-0.4, -0.2) is 0 Å². The quantitative estimate of drug-likeness (QED) is 0.171. The molecule has 1 aromatic heterocycles. The van der Waals surface area contributed by atoms with Crippen molar-refractivity contribution >= 4 is 53.1 Å². The maximum atomic E-state index is 2.47. The summed E-state index contributed by atoms with van der Waals surface area (Å²) in [7, 11) is 0. The number of fused-ring (bicyclic) bond motifs is 8. The number of hydrogen-bond donors (Lipinski definition) is 0. The van der Waals surface area contributed by atoms with Crippen LogP contribution >= 0.6 is 11.3 Å². The van der Waals surface area contributed by atoms with Gasteiger partial charge in [-0.15, -0.1) is 11.3 Å². The van der Waals surface area contributed by atoms with Gasteiger partial charge in [0.2, 0.25) is 0 Å². The van der Waals surface area contributed by atoms with Crippen molar-refractivity contribution in [1.29, 1.82) is 0 Å². The molecule has 0 atom stereocenters. The van der Waals surface area contributed by atoms with Gasteiger partial charge in [-0.1, -0.05) is 159 Å². The van der Waals surface area contributed by atoms with Gasteiger partial charge in [-0.05, 0) is 83.7 Å². The van der Waals surface area contributed by atoms with Crippen LogP contribution in [0.5, 0.6) is 0 Å². The lowest BCUT2D eigenvalue weighted by molar-refractivity contribution is 0.663. The summed E-state index contributed by atoms with van der Waals surface area (Å²) in [4.78, 5) is 0. The molecule has 0 saturated heterocycles. The van der Waals surface area contributed by atoms with Crippen molar-refractivity contribution in [2.45, 2.75) is 19.3 Å². The van der Waals surface area contributed by atoms with Crippen LogP contribution in [0.15, 0.2) is 158 Å². The van der Waals surface area contributed by atoms with Crippen LogP contribution in [-0.2, 0) is 5.41 Å². The molecular weight excluding hydrogens is 597 g/mol. The second-order valence-electron chi connectivity index (χ2n) is 13.6. The van der Waals surface area contributed by atoms with Gasteiger partial charge in [-0.25, -0.2) is 0 Å². The minimum atomic E-state index is -0.107. The van der Waals surface area contributed by atoms with Crippen LogP contribution in [0.2, 0.25) is 0 Å². The molecule has 0 N–H and O–H groups in total. The first-order valence-electron chi connectivity index (χ1n) is 16.8. The van der Waals surface area contributed by atoms with Gasteiger partial charge in [0, 0.05) is 31.2 Å². The Kier molecular flexibility index (Phi) is 5.89. The van der Waals surface area contributed by atoms with Crippen LogP contribution in [0.3, 0.4) is 0 Å². The normalized spacial score (nSPS) is 13.4. The lowest BCUT2D eigenvalue weighted by Gasteiger charge is -2.25. The van der Waals surface area contributed by atoms with Gasteiger partial charge in [-0.2, -0.15) is 0 Å². The van der Waals surface area contributed by atoms with Gasteiger partial charge < -0.3 is 0 Å². The third-order valence-corrected chi connectivity index (χ3v) is 11.8. The van der Waals surface area contributed by atoms with Gasteiger partial charge in [-0.3, -0.25) is 0 Å². The smallest absolute Gasteiger partial charge is 0.0437 e. The van der Waals surface area contributed by atoms with E-state index >= 15 is 0 Å². The molecule has 0 saturated carbocycles. The fourth-order valence-corrected chi connectivity index (χ4v) is 9.81. The molecule has 1 aliphatic rings. The van der Waals surface area contributed by atoms with Crippen LogP contribution in [0, 0.1) is 0 Å². The summed E-state index contributed by atoms with van der Waals surface area (Å²) in [6.07, 6.45) is 0. The Morgan fingerprint density at radius 3 is 1.50 bits per heavy atom. The Balaban J connectivity index is 1.24. The second-order valence-corrected chi connectivity index (χ2v) is 14.7. The topological polar surface area (TPSA) is 0 Å². The van der Waals surface area contributed by atoms with E-state index in [1.165, 1.54) is 97.4 Å². The Morgan fingerprint density at radius 1 is 0.396 bits per heavy atom. The molecule has 9 aromatic rings. The number of benzene rings is 8. The van der Waals surface area contributed by atoms with Crippen molar-refractivity contribution in [2.24, 2.45) is 0 Å². The average Bonchev–Trinajstić information content (AvgIpc) is 3.62. The molecule has 0 bridgehead atoms. The van der Waals surface area contributed by atoms with E-state index in [0.29, 0.717) is 0 Å². The van der Waals surface area contributed by atoms with Gasteiger partial charge in [0.05, 0.1) is 0 Å². The van der Waals surface area contributed by atoms with E-state index in [4.69, 9.17) is 0 Å². The first-order valence-corrected chi connectivity index (χ1v) is 17.6. The predicted octanol–water partition coefficient (Wildman–Crippen LogP) is 13.7. The van der Waals surface area contributed by atoms with E-state index in [0.717, 1.165) is 0 Å². The highest BCUT2D eigenvalue weighted by Gasteiger charge is 2.39. The lowest BCUT2D eigenvalue weighted by atomic mass is 9.78. The zero-order valence-corrected chi connectivity index (χ0v) is 27.7. The highest BCUT2D eigenvalue weighted by Crippen LogP contribution is 2.56. The number of rotatable bonds is 3. The van der Waals surface area contributed by atoms with E-state index in [9.17, 15) is 0 Å². The Labute approximate surface area is 284 Å². The van der Waals surface area contributed by atoms with Crippen molar-refractivity contribution in [3.05, 3.63) is 169 Å². The van der Waals surface area contributed by atoms with Crippen molar-refractivity contribution in [3.63, 3.8) is 0 Å². The molecule has 48 heavy (non-hydrogen) atoms. The summed E-state index contributed by atoms with van der Waals surface area (Å²) in [5.74, 6) is 0. The van der Waals surface area contributed by atoms with E-state index < -0.39 is 0 Å². The fourth-order valence-electron chi connectivity index (χ4n) is 8.55. The summed E-state index contributed by atoms with van der Waals surface area (Å²) in [6.45, 7) is 4.81. The maximum absolute atomic E-state index is 2.47. The summed E-state index contributed by atoms with van der Waals surface area (Å²) in [5.41, 5.74) is 13.2. The maximum Gasteiger partial charge on any atom is 0.0437 e. The first-order chi connectivity index (χ1) is 23.6. The van der Waals surface area contributed by atoms with Gasteiger partial charge in [0.25, 0.3) is 0 Å². The van der Waals surface area contributed by atoms with Crippen LogP contribution in [0.25, 0.3) is 86.2 Å². The van der Waals surface area contributed by atoms with E-state index in [2.05, 4.69) is 172 Å². The van der Waals surface area contributed by atoms with Gasteiger partial charge >= 0.3 is 0 Å². The second kappa shape index (κ2) is 10.2. The van der Waals surface area contributed by atoms with Crippen LogP contribution in [0.4, 0.5) is 0 Å². The molecule has 1 aliphatic carbocycles. The van der Waals surface area contributed by atoms with E-state index in [1.54, 1.807) is 0 Å². The van der Waals surface area contributed by atoms with Crippen molar-refractivity contribution in [1.82, 2.24) is 0 Å². The Hall–Kier alpha value is -5.50. The van der Waals surface area contributed by atoms with Crippen LogP contribution in [0.1, 0.15) is 25.0 Å². The summed E-state index contributed by atoms with van der Waals surface area (Å²) >= 11 is 1.93. The molecule has 0 amide bonds. The largest absolute Gasteiger partial charge is 0.135 e. The molecule has 1 heterocycles. The monoisotopic (exact) mass is 628 g/mol. The predicted molar refractivity (Wildman–Crippen MR) is 208 cm³/mol. The number of thiophene rings is 1. The molecule has 0 nitrogen and oxygen atoms in total. The first kappa shape index (κ1) is 27.6. The van der Waals surface area contributed by atoms with Crippen molar-refractivity contribution < 1.29 is 0 Å². The molecular formula is C47H32S. The SMILES string of the molecule is CC1(C)c2ccccc2-c2cc3c(sc4ccccc43)c(-c3ccc(-c4c5ccccc5c(-c5ccccc5)c5ccccc45)cc3)c21. The molecule has 8 aromatic carbocycles. The van der Waals surface area contributed by atoms with Gasteiger partial charge in [0.15, 0.2) is 0 Å².